The van der Waals surface area contributed by atoms with Crippen molar-refractivity contribution in [3.63, 3.8) is 0 Å². The Balaban J connectivity index is 1.63. The topological polar surface area (TPSA) is 56.1 Å². The molecule has 0 amide bonds. The number of rotatable bonds is 3. The van der Waals surface area contributed by atoms with Gasteiger partial charge in [0.15, 0.2) is 5.82 Å². The molecule has 0 spiro atoms. The standard InChI is InChI=1S/C18H21N5O/c1-12-9-19-23(10-12)14-6-7-22(11-14)18-13(2)20-17-8-15(24-3)4-5-16(17)21-18/h4-5,8-10,14H,6-7,11H2,1-3H3. The average molecular weight is 323 g/mol. The summed E-state index contributed by atoms with van der Waals surface area (Å²) >= 11 is 0. The van der Waals surface area contributed by atoms with Crippen molar-refractivity contribution in [3.05, 3.63) is 41.9 Å². The first-order chi connectivity index (χ1) is 11.6. The molecule has 2 aromatic heterocycles. The second-order valence-electron chi connectivity index (χ2n) is 6.37. The second-order valence-corrected chi connectivity index (χ2v) is 6.37. The Kier molecular flexibility index (Phi) is 3.59. The maximum atomic E-state index is 5.27. The van der Waals surface area contributed by atoms with E-state index in [1.807, 2.05) is 31.3 Å². The lowest BCUT2D eigenvalue weighted by Gasteiger charge is -2.20. The summed E-state index contributed by atoms with van der Waals surface area (Å²) in [5, 5.41) is 4.46. The summed E-state index contributed by atoms with van der Waals surface area (Å²) in [5.74, 6) is 1.78. The number of fused-ring (bicyclic) bond motifs is 1. The van der Waals surface area contributed by atoms with Crippen LogP contribution in [0.25, 0.3) is 11.0 Å². The Hall–Kier alpha value is -2.63. The molecule has 6 nitrogen and oxygen atoms in total. The monoisotopic (exact) mass is 323 g/mol. The number of methoxy groups -OCH3 is 1. The number of nitrogens with zero attached hydrogens (tertiary/aromatic N) is 5. The van der Waals surface area contributed by atoms with Gasteiger partial charge >= 0.3 is 0 Å². The summed E-state index contributed by atoms with van der Waals surface area (Å²) in [6.07, 6.45) is 5.10. The van der Waals surface area contributed by atoms with Gasteiger partial charge in [-0.15, -0.1) is 0 Å². The molecule has 1 atom stereocenters. The molecule has 4 rings (SSSR count). The van der Waals surface area contributed by atoms with Crippen LogP contribution in [0.15, 0.2) is 30.6 Å². The second kappa shape index (κ2) is 5.78. The molecule has 3 aromatic rings. The predicted octanol–water partition coefficient (Wildman–Crippen LogP) is 2.90. The lowest BCUT2D eigenvalue weighted by Crippen LogP contribution is -2.23. The normalized spacial score (nSPS) is 17.6. The number of aryl methyl sites for hydroxylation is 2. The van der Waals surface area contributed by atoms with Crippen molar-refractivity contribution in [1.29, 1.82) is 0 Å². The lowest BCUT2D eigenvalue weighted by atomic mass is 10.2. The first-order valence-electron chi connectivity index (χ1n) is 8.22. The van der Waals surface area contributed by atoms with Crippen LogP contribution in [0.2, 0.25) is 0 Å². The largest absolute Gasteiger partial charge is 0.497 e. The summed E-state index contributed by atoms with van der Waals surface area (Å²) in [5.41, 5.74) is 3.92. The Morgan fingerprint density at radius 1 is 1.17 bits per heavy atom. The molecule has 1 unspecified atom stereocenters. The first kappa shape index (κ1) is 14.9. The third-order valence-corrected chi connectivity index (χ3v) is 4.59. The fourth-order valence-electron chi connectivity index (χ4n) is 3.32. The van der Waals surface area contributed by atoms with Gasteiger partial charge in [-0.2, -0.15) is 5.10 Å². The van der Waals surface area contributed by atoms with E-state index in [0.717, 1.165) is 47.8 Å². The van der Waals surface area contributed by atoms with E-state index in [-0.39, 0.29) is 0 Å². The molecule has 0 aliphatic carbocycles. The fraction of sp³-hybridized carbons (Fsp3) is 0.389. The van der Waals surface area contributed by atoms with Crippen LogP contribution in [0, 0.1) is 13.8 Å². The summed E-state index contributed by atoms with van der Waals surface area (Å²) in [6.45, 7) is 5.98. The lowest BCUT2D eigenvalue weighted by molar-refractivity contribution is 0.415. The van der Waals surface area contributed by atoms with Gasteiger partial charge in [-0.3, -0.25) is 4.68 Å². The van der Waals surface area contributed by atoms with Gasteiger partial charge in [0.25, 0.3) is 0 Å². The van der Waals surface area contributed by atoms with E-state index >= 15 is 0 Å². The summed E-state index contributed by atoms with van der Waals surface area (Å²) < 4.78 is 7.34. The third kappa shape index (κ3) is 2.58. The fourth-order valence-corrected chi connectivity index (χ4v) is 3.32. The van der Waals surface area contributed by atoms with Crippen LogP contribution in [0.1, 0.15) is 23.7 Å². The van der Waals surface area contributed by atoms with Crippen molar-refractivity contribution in [2.45, 2.75) is 26.3 Å². The van der Waals surface area contributed by atoms with Gasteiger partial charge < -0.3 is 9.64 Å². The maximum absolute atomic E-state index is 5.27. The Labute approximate surface area is 141 Å². The van der Waals surface area contributed by atoms with Crippen LogP contribution >= 0.6 is 0 Å². The van der Waals surface area contributed by atoms with Crippen LogP contribution < -0.4 is 9.64 Å². The highest BCUT2D eigenvalue weighted by atomic mass is 16.5. The molecule has 6 heteroatoms. The van der Waals surface area contributed by atoms with Gasteiger partial charge in [0.05, 0.1) is 36.1 Å². The van der Waals surface area contributed by atoms with Crippen LogP contribution in [0.3, 0.4) is 0 Å². The van der Waals surface area contributed by atoms with Crippen LogP contribution in [-0.2, 0) is 0 Å². The molecule has 1 aliphatic rings. The molecule has 0 N–H and O–H groups in total. The Morgan fingerprint density at radius 2 is 2.04 bits per heavy atom. The summed E-state index contributed by atoms with van der Waals surface area (Å²) in [4.78, 5) is 11.9. The number of ether oxygens (including phenoxy) is 1. The number of benzene rings is 1. The highest BCUT2D eigenvalue weighted by Crippen LogP contribution is 2.29. The van der Waals surface area contributed by atoms with Gasteiger partial charge in [0, 0.05) is 25.4 Å². The van der Waals surface area contributed by atoms with Gasteiger partial charge in [-0.1, -0.05) is 0 Å². The minimum Gasteiger partial charge on any atom is -0.497 e. The number of hydrogen-bond acceptors (Lipinski definition) is 5. The maximum Gasteiger partial charge on any atom is 0.150 e. The molecule has 24 heavy (non-hydrogen) atoms. The molecule has 3 heterocycles. The number of anilines is 1. The summed E-state index contributed by atoms with van der Waals surface area (Å²) in [7, 11) is 1.66. The van der Waals surface area contributed by atoms with Gasteiger partial charge in [-0.05, 0) is 38.0 Å². The van der Waals surface area contributed by atoms with Crippen molar-refractivity contribution in [1.82, 2.24) is 19.7 Å². The number of hydrogen-bond donors (Lipinski definition) is 0. The molecule has 0 bridgehead atoms. The first-order valence-corrected chi connectivity index (χ1v) is 8.22. The summed E-state index contributed by atoms with van der Waals surface area (Å²) in [6, 6.07) is 6.22. The van der Waals surface area contributed by atoms with Crippen molar-refractivity contribution >= 4 is 16.9 Å². The van der Waals surface area contributed by atoms with Crippen molar-refractivity contribution < 1.29 is 4.74 Å². The van der Waals surface area contributed by atoms with Crippen molar-refractivity contribution in [3.8, 4) is 5.75 Å². The van der Waals surface area contributed by atoms with E-state index in [2.05, 4.69) is 27.8 Å². The number of aromatic nitrogens is 4. The zero-order valence-electron chi connectivity index (χ0n) is 14.2. The minimum atomic E-state index is 0.395. The van der Waals surface area contributed by atoms with E-state index in [9.17, 15) is 0 Å². The quantitative estimate of drug-likeness (QED) is 0.742. The minimum absolute atomic E-state index is 0.395. The molecule has 1 saturated heterocycles. The van der Waals surface area contributed by atoms with Gasteiger partial charge in [0.1, 0.15) is 5.75 Å². The average Bonchev–Trinajstić information content (AvgIpc) is 3.22. The predicted molar refractivity (Wildman–Crippen MR) is 93.7 cm³/mol. The van der Waals surface area contributed by atoms with Crippen molar-refractivity contribution in [2.75, 3.05) is 25.1 Å². The zero-order valence-corrected chi connectivity index (χ0v) is 14.2. The Morgan fingerprint density at radius 3 is 2.79 bits per heavy atom. The molecule has 1 aromatic carbocycles. The molecular formula is C18H21N5O. The molecule has 124 valence electrons. The van der Waals surface area contributed by atoms with Crippen LogP contribution in [0.5, 0.6) is 5.75 Å². The zero-order chi connectivity index (χ0) is 16.7. The van der Waals surface area contributed by atoms with E-state index in [4.69, 9.17) is 14.7 Å². The van der Waals surface area contributed by atoms with Crippen LogP contribution in [0.4, 0.5) is 5.82 Å². The van der Waals surface area contributed by atoms with Crippen molar-refractivity contribution in [2.24, 2.45) is 0 Å². The van der Waals surface area contributed by atoms with Crippen LogP contribution in [-0.4, -0.2) is 39.9 Å². The van der Waals surface area contributed by atoms with E-state index < -0.39 is 0 Å². The molecule has 0 saturated carbocycles. The van der Waals surface area contributed by atoms with E-state index in [1.54, 1.807) is 7.11 Å². The SMILES string of the molecule is COc1ccc2nc(N3CCC(n4cc(C)cn4)C3)c(C)nc2c1. The molecule has 1 fully saturated rings. The Bertz CT molecular complexity index is 888. The third-order valence-electron chi connectivity index (χ3n) is 4.59. The molecular weight excluding hydrogens is 302 g/mol. The van der Waals surface area contributed by atoms with Gasteiger partial charge in [0.2, 0.25) is 0 Å². The smallest absolute Gasteiger partial charge is 0.150 e. The molecule has 0 radical (unpaired) electrons. The highest BCUT2D eigenvalue weighted by Gasteiger charge is 2.27. The van der Waals surface area contributed by atoms with Gasteiger partial charge in [-0.25, -0.2) is 9.97 Å². The highest BCUT2D eigenvalue weighted by molar-refractivity contribution is 5.78. The van der Waals surface area contributed by atoms with E-state index in [0.29, 0.717) is 6.04 Å². The van der Waals surface area contributed by atoms with E-state index in [1.165, 1.54) is 5.56 Å². The molecule has 1 aliphatic heterocycles.